The summed E-state index contributed by atoms with van der Waals surface area (Å²) in [5.41, 5.74) is 2.67. The molecule has 4 heteroatoms. The van der Waals surface area contributed by atoms with E-state index < -0.39 is 0 Å². The third-order valence-corrected chi connectivity index (χ3v) is 2.38. The van der Waals surface area contributed by atoms with Gasteiger partial charge in [0, 0.05) is 13.6 Å². The Bertz CT molecular complexity index is 196. The lowest BCUT2D eigenvalue weighted by atomic mass is 10.1. The topological polar surface area (TPSA) is 53.6 Å². The van der Waals surface area contributed by atoms with Gasteiger partial charge in [-0.3, -0.25) is 5.43 Å². The maximum atomic E-state index is 5.43. The Kier molecular flexibility index (Phi) is 4.20. The lowest BCUT2D eigenvalue weighted by molar-refractivity contribution is 0.424. The first kappa shape index (κ1) is 11.3. The van der Waals surface area contributed by atoms with Gasteiger partial charge < -0.3 is 4.90 Å². The van der Waals surface area contributed by atoms with Gasteiger partial charge in [-0.1, -0.05) is 13.8 Å². The van der Waals surface area contributed by atoms with Gasteiger partial charge in [0.1, 0.15) is 0 Å². The van der Waals surface area contributed by atoms with E-state index in [1.807, 2.05) is 7.05 Å². The summed E-state index contributed by atoms with van der Waals surface area (Å²) < 4.78 is 0. The fraction of sp³-hybridized carbons (Fsp3) is 0.900. The van der Waals surface area contributed by atoms with E-state index >= 15 is 0 Å². The Morgan fingerprint density at radius 1 is 1.57 bits per heavy atom. The number of nitrogens with zero attached hydrogens (tertiary/aromatic N) is 2. The number of nitrogens with one attached hydrogen (secondary N) is 1. The Morgan fingerprint density at radius 3 is 2.64 bits per heavy atom. The molecule has 1 saturated carbocycles. The SMILES string of the molecule is CC(C)CCN(C)C(=NC1CC1)NN. The first-order valence-corrected chi connectivity index (χ1v) is 5.39. The van der Waals surface area contributed by atoms with Crippen LogP contribution < -0.4 is 11.3 Å². The first-order chi connectivity index (χ1) is 6.63. The highest BCUT2D eigenvalue weighted by Gasteiger charge is 2.21. The van der Waals surface area contributed by atoms with Crippen LogP contribution in [0.15, 0.2) is 4.99 Å². The Hall–Kier alpha value is -0.770. The predicted octanol–water partition coefficient (Wildman–Crippen LogP) is 0.946. The molecule has 0 spiro atoms. The fourth-order valence-electron chi connectivity index (χ4n) is 1.18. The third kappa shape index (κ3) is 3.96. The van der Waals surface area contributed by atoms with Crippen LogP contribution in [-0.4, -0.2) is 30.5 Å². The second-order valence-electron chi connectivity index (χ2n) is 4.43. The molecule has 82 valence electrons. The van der Waals surface area contributed by atoms with Gasteiger partial charge in [0.25, 0.3) is 0 Å². The average Bonchev–Trinajstić information content (AvgIpc) is 2.93. The van der Waals surface area contributed by atoms with Gasteiger partial charge in [-0.2, -0.15) is 0 Å². The number of hydrazine groups is 1. The molecule has 3 N–H and O–H groups in total. The summed E-state index contributed by atoms with van der Waals surface area (Å²) >= 11 is 0. The number of hydrogen-bond donors (Lipinski definition) is 2. The molecule has 0 amide bonds. The fourth-order valence-corrected chi connectivity index (χ4v) is 1.18. The Balaban J connectivity index is 2.34. The van der Waals surface area contributed by atoms with Crippen molar-refractivity contribution >= 4 is 5.96 Å². The van der Waals surface area contributed by atoms with E-state index in [4.69, 9.17) is 5.84 Å². The largest absolute Gasteiger partial charge is 0.345 e. The highest BCUT2D eigenvalue weighted by molar-refractivity contribution is 5.79. The van der Waals surface area contributed by atoms with Crippen molar-refractivity contribution in [2.45, 2.75) is 39.2 Å². The average molecular weight is 198 g/mol. The minimum atomic E-state index is 0.516. The zero-order valence-corrected chi connectivity index (χ0v) is 9.45. The molecule has 0 aliphatic heterocycles. The zero-order valence-electron chi connectivity index (χ0n) is 9.45. The summed E-state index contributed by atoms with van der Waals surface area (Å²) in [6.45, 7) is 5.45. The Morgan fingerprint density at radius 2 is 2.21 bits per heavy atom. The lowest BCUT2D eigenvalue weighted by Gasteiger charge is -2.21. The molecule has 0 unspecified atom stereocenters. The van der Waals surface area contributed by atoms with E-state index in [9.17, 15) is 0 Å². The molecular formula is C10H22N4. The number of hydrogen-bond acceptors (Lipinski definition) is 2. The molecule has 0 atom stereocenters. The van der Waals surface area contributed by atoms with Crippen molar-refractivity contribution in [3.8, 4) is 0 Å². The van der Waals surface area contributed by atoms with Gasteiger partial charge in [-0.15, -0.1) is 0 Å². The molecule has 1 aliphatic carbocycles. The van der Waals surface area contributed by atoms with E-state index in [1.165, 1.54) is 19.3 Å². The summed E-state index contributed by atoms with van der Waals surface area (Å²) in [6, 6.07) is 0.516. The number of rotatable bonds is 4. The van der Waals surface area contributed by atoms with E-state index in [-0.39, 0.29) is 0 Å². The molecular weight excluding hydrogens is 176 g/mol. The van der Waals surface area contributed by atoms with Gasteiger partial charge in [-0.25, -0.2) is 10.8 Å². The van der Waals surface area contributed by atoms with Crippen molar-refractivity contribution in [2.24, 2.45) is 16.8 Å². The molecule has 1 rings (SSSR count). The molecule has 0 aromatic rings. The minimum absolute atomic E-state index is 0.516. The van der Waals surface area contributed by atoms with Crippen LogP contribution in [0.2, 0.25) is 0 Å². The molecule has 14 heavy (non-hydrogen) atoms. The lowest BCUT2D eigenvalue weighted by Crippen LogP contribution is -2.43. The van der Waals surface area contributed by atoms with Crippen molar-refractivity contribution < 1.29 is 0 Å². The summed E-state index contributed by atoms with van der Waals surface area (Å²) in [6.07, 6.45) is 3.59. The van der Waals surface area contributed by atoms with E-state index in [1.54, 1.807) is 0 Å². The van der Waals surface area contributed by atoms with Crippen LogP contribution in [0.25, 0.3) is 0 Å². The number of guanidine groups is 1. The van der Waals surface area contributed by atoms with Crippen LogP contribution in [0.3, 0.4) is 0 Å². The quantitative estimate of drug-likeness (QED) is 0.306. The third-order valence-electron chi connectivity index (χ3n) is 2.38. The summed E-state index contributed by atoms with van der Waals surface area (Å²) in [7, 11) is 2.03. The molecule has 4 nitrogen and oxygen atoms in total. The van der Waals surface area contributed by atoms with Gasteiger partial charge in [0.15, 0.2) is 0 Å². The minimum Gasteiger partial charge on any atom is -0.345 e. The van der Waals surface area contributed by atoms with Gasteiger partial charge in [0.2, 0.25) is 5.96 Å². The standard InChI is InChI=1S/C10H22N4/c1-8(2)6-7-14(3)10(13-11)12-9-4-5-9/h8-9H,4-7,11H2,1-3H3,(H,12,13). The van der Waals surface area contributed by atoms with Crippen LogP contribution in [0, 0.1) is 5.92 Å². The van der Waals surface area contributed by atoms with Crippen molar-refractivity contribution in [2.75, 3.05) is 13.6 Å². The highest BCUT2D eigenvalue weighted by atomic mass is 15.4. The highest BCUT2D eigenvalue weighted by Crippen LogP contribution is 2.23. The monoisotopic (exact) mass is 198 g/mol. The predicted molar refractivity (Wildman–Crippen MR) is 59.9 cm³/mol. The van der Waals surface area contributed by atoms with Crippen LogP contribution >= 0.6 is 0 Å². The molecule has 0 heterocycles. The molecule has 0 aromatic carbocycles. The van der Waals surface area contributed by atoms with Gasteiger partial charge in [0.05, 0.1) is 6.04 Å². The summed E-state index contributed by atoms with van der Waals surface area (Å²) in [5, 5.41) is 0. The van der Waals surface area contributed by atoms with Crippen molar-refractivity contribution in [1.29, 1.82) is 0 Å². The maximum Gasteiger partial charge on any atom is 0.208 e. The molecule has 0 radical (unpaired) electrons. The van der Waals surface area contributed by atoms with Crippen molar-refractivity contribution in [3.05, 3.63) is 0 Å². The van der Waals surface area contributed by atoms with Crippen LogP contribution in [0.5, 0.6) is 0 Å². The first-order valence-electron chi connectivity index (χ1n) is 5.39. The smallest absolute Gasteiger partial charge is 0.208 e. The van der Waals surface area contributed by atoms with Crippen LogP contribution in [0.4, 0.5) is 0 Å². The Labute approximate surface area is 86.5 Å². The van der Waals surface area contributed by atoms with Gasteiger partial charge >= 0.3 is 0 Å². The molecule has 0 aromatic heterocycles. The van der Waals surface area contributed by atoms with E-state index in [0.717, 1.165) is 18.4 Å². The summed E-state index contributed by atoms with van der Waals surface area (Å²) in [5.74, 6) is 6.98. The summed E-state index contributed by atoms with van der Waals surface area (Å²) in [4.78, 5) is 6.59. The van der Waals surface area contributed by atoms with Crippen molar-refractivity contribution in [1.82, 2.24) is 10.3 Å². The van der Waals surface area contributed by atoms with Crippen molar-refractivity contribution in [3.63, 3.8) is 0 Å². The zero-order chi connectivity index (χ0) is 10.6. The second-order valence-corrected chi connectivity index (χ2v) is 4.43. The second kappa shape index (κ2) is 5.20. The number of aliphatic imine (C=N–C) groups is 1. The van der Waals surface area contributed by atoms with E-state index in [2.05, 4.69) is 29.2 Å². The molecule has 1 aliphatic rings. The molecule has 0 bridgehead atoms. The molecule has 1 fully saturated rings. The van der Waals surface area contributed by atoms with Crippen LogP contribution in [-0.2, 0) is 0 Å². The van der Waals surface area contributed by atoms with Gasteiger partial charge in [-0.05, 0) is 25.2 Å². The maximum absolute atomic E-state index is 5.43. The van der Waals surface area contributed by atoms with E-state index in [0.29, 0.717) is 6.04 Å². The normalized spacial score (nSPS) is 17.4. The van der Waals surface area contributed by atoms with Crippen LogP contribution in [0.1, 0.15) is 33.1 Å². The molecule has 0 saturated heterocycles. The number of nitrogens with two attached hydrogens (primary N) is 1.